The summed E-state index contributed by atoms with van der Waals surface area (Å²) in [5.41, 5.74) is 4.59. The number of carbonyl (C=O) groups excluding carboxylic acids is 2. The van der Waals surface area contributed by atoms with Crippen LogP contribution in [0.3, 0.4) is 0 Å². The van der Waals surface area contributed by atoms with Gasteiger partial charge in [-0.2, -0.15) is 4.98 Å². The highest BCUT2D eigenvalue weighted by atomic mass is 16.2. The van der Waals surface area contributed by atoms with Gasteiger partial charge in [0.15, 0.2) is 5.78 Å². The number of ketones is 1. The van der Waals surface area contributed by atoms with Crippen LogP contribution in [0, 0.1) is 0 Å². The topological polar surface area (TPSA) is 87.2 Å². The fourth-order valence-corrected chi connectivity index (χ4v) is 5.76. The van der Waals surface area contributed by atoms with E-state index in [-0.39, 0.29) is 23.7 Å². The summed E-state index contributed by atoms with van der Waals surface area (Å²) in [6.45, 7) is 1.91. The van der Waals surface area contributed by atoms with E-state index in [1.54, 1.807) is 0 Å². The van der Waals surface area contributed by atoms with Crippen LogP contribution in [0.2, 0.25) is 0 Å². The van der Waals surface area contributed by atoms with Crippen LogP contribution in [0.15, 0.2) is 54.6 Å². The molecule has 1 amide bonds. The Morgan fingerprint density at radius 2 is 1.56 bits per heavy atom. The van der Waals surface area contributed by atoms with Crippen molar-refractivity contribution in [3.63, 3.8) is 0 Å². The van der Waals surface area contributed by atoms with E-state index >= 15 is 0 Å². The van der Waals surface area contributed by atoms with Crippen molar-refractivity contribution in [2.24, 2.45) is 0 Å². The SMILES string of the molecule is CC(C(=O)N[C@H]1CC[C@@H](Nc2nc3c(c(N(C)C)n2)CCCC3)CC1)c1cccc(C(=O)c2ccccc2)c1. The molecule has 3 aromatic rings. The minimum absolute atomic E-state index is 0.00404. The molecule has 0 saturated heterocycles. The van der Waals surface area contributed by atoms with Gasteiger partial charge in [0.2, 0.25) is 11.9 Å². The maximum Gasteiger partial charge on any atom is 0.227 e. The highest BCUT2D eigenvalue weighted by molar-refractivity contribution is 6.09. The molecule has 2 aliphatic carbocycles. The molecule has 2 aromatic carbocycles. The average molecular weight is 526 g/mol. The summed E-state index contributed by atoms with van der Waals surface area (Å²) in [5.74, 6) is 1.40. The number of benzene rings is 2. The lowest BCUT2D eigenvalue weighted by atomic mass is 9.90. The van der Waals surface area contributed by atoms with Crippen LogP contribution in [0.5, 0.6) is 0 Å². The lowest BCUT2D eigenvalue weighted by molar-refractivity contribution is -0.123. The zero-order valence-electron chi connectivity index (χ0n) is 23.2. The molecule has 5 rings (SSSR count). The standard InChI is InChI=1S/C32H39N5O2/c1-21(23-12-9-13-24(20-23)29(38)22-10-5-4-6-11-22)31(39)33-25-16-18-26(19-17-25)34-32-35-28-15-8-7-14-27(28)30(36-32)37(2)3/h4-6,9-13,20-21,25-26H,7-8,14-19H2,1-3H3,(H,33,39)(H,34,35,36)/t21?,25-,26+. The Morgan fingerprint density at radius 3 is 2.31 bits per heavy atom. The lowest BCUT2D eigenvalue weighted by Crippen LogP contribution is -2.41. The van der Waals surface area contributed by atoms with Crippen molar-refractivity contribution in [1.82, 2.24) is 15.3 Å². The molecule has 1 unspecified atom stereocenters. The first-order valence-corrected chi connectivity index (χ1v) is 14.2. The molecule has 1 aromatic heterocycles. The van der Waals surface area contributed by atoms with Crippen LogP contribution in [0.1, 0.15) is 84.1 Å². The number of carbonyl (C=O) groups is 2. The highest BCUT2D eigenvalue weighted by Crippen LogP contribution is 2.29. The molecule has 7 heteroatoms. The summed E-state index contributed by atoms with van der Waals surface area (Å²) in [7, 11) is 4.10. The molecular formula is C32H39N5O2. The van der Waals surface area contributed by atoms with Crippen LogP contribution in [0.25, 0.3) is 0 Å². The van der Waals surface area contributed by atoms with Gasteiger partial charge in [-0.05, 0) is 69.9 Å². The molecule has 7 nitrogen and oxygen atoms in total. The Morgan fingerprint density at radius 1 is 0.872 bits per heavy atom. The second-order valence-electron chi connectivity index (χ2n) is 11.1. The van der Waals surface area contributed by atoms with Crippen molar-refractivity contribution in [2.45, 2.75) is 76.3 Å². The smallest absolute Gasteiger partial charge is 0.227 e. The van der Waals surface area contributed by atoms with Gasteiger partial charge in [-0.15, -0.1) is 0 Å². The van der Waals surface area contributed by atoms with E-state index in [9.17, 15) is 9.59 Å². The molecule has 0 spiro atoms. The van der Waals surface area contributed by atoms with Gasteiger partial charge < -0.3 is 15.5 Å². The molecule has 1 heterocycles. The number of hydrogen-bond acceptors (Lipinski definition) is 6. The predicted octanol–water partition coefficient (Wildman–Crippen LogP) is 5.30. The Labute approximate surface area is 231 Å². The van der Waals surface area contributed by atoms with Gasteiger partial charge in [-0.3, -0.25) is 9.59 Å². The number of fused-ring (bicyclic) bond motifs is 1. The number of aromatic nitrogens is 2. The Balaban J connectivity index is 1.16. The summed E-state index contributed by atoms with van der Waals surface area (Å²) in [5, 5.41) is 6.84. The second-order valence-corrected chi connectivity index (χ2v) is 11.1. The quantitative estimate of drug-likeness (QED) is 0.389. The highest BCUT2D eigenvalue weighted by Gasteiger charge is 2.26. The van der Waals surface area contributed by atoms with Crippen LogP contribution in [-0.2, 0) is 17.6 Å². The Kier molecular flexibility index (Phi) is 8.24. The molecule has 2 aliphatic rings. The monoisotopic (exact) mass is 525 g/mol. The van der Waals surface area contributed by atoms with Crippen molar-refractivity contribution >= 4 is 23.5 Å². The number of anilines is 2. The number of hydrogen-bond donors (Lipinski definition) is 2. The van der Waals surface area contributed by atoms with Crippen LogP contribution < -0.4 is 15.5 Å². The first kappa shape index (κ1) is 26.9. The zero-order chi connectivity index (χ0) is 27.4. The van der Waals surface area contributed by atoms with Crippen molar-refractivity contribution in [1.29, 1.82) is 0 Å². The molecule has 1 fully saturated rings. The van der Waals surface area contributed by atoms with Gasteiger partial charge >= 0.3 is 0 Å². The predicted molar refractivity (Wildman–Crippen MR) is 156 cm³/mol. The number of nitrogens with one attached hydrogen (secondary N) is 2. The van der Waals surface area contributed by atoms with E-state index in [4.69, 9.17) is 9.97 Å². The first-order chi connectivity index (χ1) is 18.9. The Hall–Kier alpha value is -3.74. The lowest BCUT2D eigenvalue weighted by Gasteiger charge is -2.31. The minimum Gasteiger partial charge on any atom is -0.362 e. The van der Waals surface area contributed by atoms with Crippen LogP contribution in [-0.4, -0.2) is 47.8 Å². The van der Waals surface area contributed by atoms with Crippen molar-refractivity contribution in [2.75, 3.05) is 24.3 Å². The van der Waals surface area contributed by atoms with E-state index in [1.807, 2.05) is 75.6 Å². The average Bonchev–Trinajstić information content (AvgIpc) is 2.97. The molecule has 204 valence electrons. The van der Waals surface area contributed by atoms with Gasteiger partial charge in [0.1, 0.15) is 5.82 Å². The van der Waals surface area contributed by atoms with Crippen LogP contribution in [0.4, 0.5) is 11.8 Å². The number of rotatable bonds is 8. The maximum atomic E-state index is 13.1. The largest absolute Gasteiger partial charge is 0.362 e. The molecule has 2 N–H and O–H groups in total. The van der Waals surface area contributed by atoms with E-state index in [0.717, 1.165) is 55.9 Å². The summed E-state index contributed by atoms with van der Waals surface area (Å²) in [4.78, 5) is 37.8. The zero-order valence-corrected chi connectivity index (χ0v) is 23.2. The molecule has 0 aliphatic heterocycles. The normalized spacial score (nSPS) is 19.5. The van der Waals surface area contributed by atoms with Gasteiger partial charge in [-0.25, -0.2) is 4.98 Å². The minimum atomic E-state index is -0.335. The number of aryl methyl sites for hydroxylation is 1. The fourth-order valence-electron chi connectivity index (χ4n) is 5.76. The molecule has 39 heavy (non-hydrogen) atoms. The second kappa shape index (κ2) is 12.0. The van der Waals surface area contributed by atoms with Crippen molar-refractivity contribution in [3.05, 3.63) is 82.5 Å². The molecular weight excluding hydrogens is 486 g/mol. The van der Waals surface area contributed by atoms with Gasteiger partial charge in [-0.1, -0.05) is 48.5 Å². The number of amides is 1. The molecule has 0 bridgehead atoms. The van der Waals surface area contributed by atoms with Gasteiger partial charge in [0, 0.05) is 42.9 Å². The Bertz CT molecular complexity index is 1320. The first-order valence-electron chi connectivity index (χ1n) is 14.2. The third-order valence-electron chi connectivity index (χ3n) is 8.07. The van der Waals surface area contributed by atoms with Crippen molar-refractivity contribution < 1.29 is 9.59 Å². The van der Waals surface area contributed by atoms with Gasteiger partial charge in [0.25, 0.3) is 0 Å². The van der Waals surface area contributed by atoms with Gasteiger partial charge in [0.05, 0.1) is 11.6 Å². The van der Waals surface area contributed by atoms with Crippen LogP contribution >= 0.6 is 0 Å². The summed E-state index contributed by atoms with van der Waals surface area (Å²) in [6, 6.07) is 17.1. The summed E-state index contributed by atoms with van der Waals surface area (Å²) < 4.78 is 0. The number of nitrogens with zero attached hydrogens (tertiary/aromatic N) is 3. The van der Waals surface area contributed by atoms with E-state index < -0.39 is 0 Å². The third kappa shape index (κ3) is 6.29. The maximum absolute atomic E-state index is 13.1. The van der Waals surface area contributed by atoms with E-state index in [2.05, 4.69) is 15.5 Å². The molecule has 0 radical (unpaired) electrons. The fraction of sp³-hybridized carbons (Fsp3) is 0.438. The molecule has 1 atom stereocenters. The van der Waals surface area contributed by atoms with E-state index in [0.29, 0.717) is 17.2 Å². The summed E-state index contributed by atoms with van der Waals surface area (Å²) in [6.07, 6.45) is 8.20. The van der Waals surface area contributed by atoms with E-state index in [1.165, 1.54) is 24.1 Å². The summed E-state index contributed by atoms with van der Waals surface area (Å²) >= 11 is 0. The van der Waals surface area contributed by atoms with Crippen molar-refractivity contribution in [3.8, 4) is 0 Å². The molecule has 1 saturated carbocycles. The third-order valence-corrected chi connectivity index (χ3v) is 8.07.